The number of β-lactam (4-membered cyclic amide) rings is 1. The molecule has 2 amide bonds. The summed E-state index contributed by atoms with van der Waals surface area (Å²) in [6.45, 7) is 1.91. The Bertz CT molecular complexity index is 449. The van der Waals surface area contributed by atoms with Crippen LogP contribution in [0.3, 0.4) is 0 Å². The summed E-state index contributed by atoms with van der Waals surface area (Å²) in [6.07, 6.45) is 0.400. The molecule has 0 bridgehead atoms. The van der Waals surface area contributed by atoms with Crippen molar-refractivity contribution in [2.75, 3.05) is 12.3 Å². The summed E-state index contributed by atoms with van der Waals surface area (Å²) in [4.78, 5) is 34.5. The quantitative estimate of drug-likeness (QED) is 0.563. The maximum absolute atomic E-state index is 11.3. The lowest BCUT2D eigenvalue weighted by Gasteiger charge is -2.33. The molecule has 0 unspecified atom stereocenters. The van der Waals surface area contributed by atoms with Crippen LogP contribution in [0.2, 0.25) is 0 Å². The highest BCUT2D eigenvalue weighted by Gasteiger charge is 2.48. The molecule has 0 radical (unpaired) electrons. The van der Waals surface area contributed by atoms with Crippen molar-refractivity contribution in [3.05, 3.63) is 9.93 Å². The predicted octanol–water partition coefficient (Wildman–Crippen LogP) is 0.415. The summed E-state index contributed by atoms with van der Waals surface area (Å²) in [5.41, 5.74) is 0.0917. The van der Waals surface area contributed by atoms with Crippen molar-refractivity contribution >= 4 is 41.3 Å². The molecule has 98 valence electrons. The van der Waals surface area contributed by atoms with E-state index in [0.29, 0.717) is 23.0 Å². The molecule has 2 heterocycles. The fourth-order valence-corrected chi connectivity index (χ4v) is 4.36. The fourth-order valence-electron chi connectivity index (χ4n) is 1.69. The molecule has 8 heteroatoms. The number of amides is 2. The van der Waals surface area contributed by atoms with E-state index in [1.807, 2.05) is 0 Å². The number of hydrogen-bond acceptors (Lipinski definition) is 5. The Kier molecular flexibility index (Phi) is 3.86. The van der Waals surface area contributed by atoms with Gasteiger partial charge in [0, 0.05) is 19.2 Å². The molecule has 1 atom stereocenters. The SMILES string of the molecule is CC(=O)NCCSC1=C(C(=O)O)N2C(=O)C[C@H]2S1. The van der Waals surface area contributed by atoms with Gasteiger partial charge in [0.25, 0.3) is 0 Å². The monoisotopic (exact) mass is 288 g/mol. The van der Waals surface area contributed by atoms with Crippen LogP contribution < -0.4 is 5.32 Å². The van der Waals surface area contributed by atoms with Crippen molar-refractivity contribution in [2.24, 2.45) is 0 Å². The first-order chi connectivity index (χ1) is 8.50. The average Bonchev–Trinajstić information content (AvgIpc) is 2.57. The van der Waals surface area contributed by atoms with Crippen LogP contribution in [0.1, 0.15) is 13.3 Å². The molecule has 1 saturated heterocycles. The van der Waals surface area contributed by atoms with Crippen LogP contribution in [0.15, 0.2) is 9.93 Å². The highest BCUT2D eigenvalue weighted by Crippen LogP contribution is 2.50. The largest absolute Gasteiger partial charge is 0.477 e. The zero-order chi connectivity index (χ0) is 13.3. The van der Waals surface area contributed by atoms with Gasteiger partial charge in [0.2, 0.25) is 11.8 Å². The first-order valence-corrected chi connectivity index (χ1v) is 7.20. The van der Waals surface area contributed by atoms with Gasteiger partial charge in [-0.25, -0.2) is 4.79 Å². The smallest absolute Gasteiger partial charge is 0.354 e. The molecule has 2 aliphatic rings. The minimum Gasteiger partial charge on any atom is -0.477 e. The van der Waals surface area contributed by atoms with Gasteiger partial charge in [-0.15, -0.1) is 11.8 Å². The molecule has 0 spiro atoms. The summed E-state index contributed by atoms with van der Waals surface area (Å²) in [6, 6.07) is 0. The number of nitrogens with one attached hydrogen (secondary N) is 1. The molecule has 2 N–H and O–H groups in total. The van der Waals surface area contributed by atoms with E-state index in [1.165, 1.54) is 35.3 Å². The third kappa shape index (κ3) is 2.49. The highest BCUT2D eigenvalue weighted by atomic mass is 32.2. The van der Waals surface area contributed by atoms with Gasteiger partial charge in [-0.2, -0.15) is 0 Å². The average molecular weight is 288 g/mol. The zero-order valence-electron chi connectivity index (χ0n) is 9.63. The van der Waals surface area contributed by atoms with E-state index in [9.17, 15) is 14.4 Å². The molecule has 0 aliphatic carbocycles. The van der Waals surface area contributed by atoms with Gasteiger partial charge in [0.05, 0.1) is 16.0 Å². The van der Waals surface area contributed by atoms with E-state index in [0.717, 1.165) is 0 Å². The molecular formula is C10H12N2O4S2. The lowest BCUT2D eigenvalue weighted by Crippen LogP contribution is -2.48. The number of fused-ring (bicyclic) bond motifs is 1. The summed E-state index contributed by atoms with van der Waals surface area (Å²) in [5.74, 6) is -0.725. The van der Waals surface area contributed by atoms with E-state index in [1.54, 1.807) is 0 Å². The molecule has 1 fully saturated rings. The van der Waals surface area contributed by atoms with Crippen LogP contribution in [-0.2, 0) is 14.4 Å². The van der Waals surface area contributed by atoms with Gasteiger partial charge < -0.3 is 10.4 Å². The highest BCUT2D eigenvalue weighted by molar-refractivity contribution is 8.22. The van der Waals surface area contributed by atoms with Crippen LogP contribution in [0, 0.1) is 0 Å². The molecule has 6 nitrogen and oxygen atoms in total. The Balaban J connectivity index is 1.96. The van der Waals surface area contributed by atoms with Crippen molar-refractivity contribution in [1.29, 1.82) is 0 Å². The molecule has 0 aromatic rings. The topological polar surface area (TPSA) is 86.7 Å². The maximum atomic E-state index is 11.3. The van der Waals surface area contributed by atoms with Crippen molar-refractivity contribution < 1.29 is 19.5 Å². The number of carbonyl (C=O) groups is 3. The van der Waals surface area contributed by atoms with Crippen LogP contribution >= 0.6 is 23.5 Å². The number of thioether (sulfide) groups is 2. The number of hydrogen-bond donors (Lipinski definition) is 2. The second-order valence-electron chi connectivity index (χ2n) is 3.81. The summed E-state index contributed by atoms with van der Waals surface area (Å²) < 4.78 is 0.656. The van der Waals surface area contributed by atoms with E-state index >= 15 is 0 Å². The lowest BCUT2D eigenvalue weighted by atomic mass is 10.2. The second kappa shape index (κ2) is 5.23. The molecular weight excluding hydrogens is 276 g/mol. The Morgan fingerprint density at radius 3 is 2.89 bits per heavy atom. The third-order valence-electron chi connectivity index (χ3n) is 2.49. The molecule has 0 aromatic carbocycles. The number of rotatable bonds is 5. The normalized spacial score (nSPS) is 21.7. The minimum atomic E-state index is -1.07. The van der Waals surface area contributed by atoms with Crippen LogP contribution in [0.25, 0.3) is 0 Å². The number of carboxylic acids is 1. The number of carbonyl (C=O) groups excluding carboxylic acids is 2. The Morgan fingerprint density at radius 1 is 1.61 bits per heavy atom. The first kappa shape index (κ1) is 13.3. The fraction of sp³-hybridized carbons (Fsp3) is 0.500. The van der Waals surface area contributed by atoms with Crippen molar-refractivity contribution in [2.45, 2.75) is 18.7 Å². The molecule has 2 aliphatic heterocycles. The van der Waals surface area contributed by atoms with Gasteiger partial charge in [-0.3, -0.25) is 14.5 Å². The molecule has 0 aromatic heterocycles. The van der Waals surface area contributed by atoms with Crippen molar-refractivity contribution in [3.63, 3.8) is 0 Å². The van der Waals surface area contributed by atoms with Gasteiger partial charge in [-0.1, -0.05) is 11.8 Å². The maximum Gasteiger partial charge on any atom is 0.354 e. The van der Waals surface area contributed by atoms with Crippen LogP contribution in [0.5, 0.6) is 0 Å². The van der Waals surface area contributed by atoms with Crippen LogP contribution in [0.4, 0.5) is 0 Å². The Hall–Kier alpha value is -1.15. The summed E-state index contributed by atoms with van der Waals surface area (Å²) in [7, 11) is 0. The van der Waals surface area contributed by atoms with Crippen LogP contribution in [-0.4, -0.2) is 45.5 Å². The predicted molar refractivity (Wildman–Crippen MR) is 68.6 cm³/mol. The van der Waals surface area contributed by atoms with Gasteiger partial charge in [0.1, 0.15) is 0 Å². The van der Waals surface area contributed by atoms with E-state index < -0.39 is 5.97 Å². The minimum absolute atomic E-state index is 0.0492. The second-order valence-corrected chi connectivity index (χ2v) is 6.36. The lowest BCUT2D eigenvalue weighted by molar-refractivity contribution is -0.145. The van der Waals surface area contributed by atoms with Crippen molar-refractivity contribution in [3.8, 4) is 0 Å². The number of nitrogens with zero attached hydrogens (tertiary/aromatic N) is 1. The Morgan fingerprint density at radius 2 is 2.33 bits per heavy atom. The third-order valence-corrected chi connectivity index (χ3v) is 5.06. The van der Waals surface area contributed by atoms with E-state index in [2.05, 4.69) is 5.32 Å². The first-order valence-electron chi connectivity index (χ1n) is 5.34. The van der Waals surface area contributed by atoms with E-state index in [4.69, 9.17) is 5.11 Å². The summed E-state index contributed by atoms with van der Waals surface area (Å²) in [5, 5.41) is 11.7. The molecule has 0 saturated carbocycles. The standard InChI is InChI=1S/C10H12N2O4S2/c1-5(13)11-2-3-17-10-8(9(15)16)12-6(14)4-7(12)18-10/h7H,2-4H2,1H3,(H,11,13)(H,15,16)/t7-/m1/s1. The zero-order valence-corrected chi connectivity index (χ0v) is 11.3. The molecule has 2 rings (SSSR count). The van der Waals surface area contributed by atoms with Gasteiger partial charge in [0.15, 0.2) is 5.70 Å². The Labute approximate surface area is 112 Å². The summed E-state index contributed by atoms with van der Waals surface area (Å²) >= 11 is 2.78. The number of aliphatic carboxylic acids is 1. The van der Waals surface area contributed by atoms with Gasteiger partial charge >= 0.3 is 5.97 Å². The molecule has 18 heavy (non-hydrogen) atoms. The van der Waals surface area contributed by atoms with Crippen molar-refractivity contribution in [1.82, 2.24) is 10.2 Å². The van der Waals surface area contributed by atoms with E-state index in [-0.39, 0.29) is 22.9 Å². The van der Waals surface area contributed by atoms with Gasteiger partial charge in [-0.05, 0) is 0 Å². The number of carboxylic acid groups (broad SMARTS) is 1.